The van der Waals surface area contributed by atoms with Crippen molar-refractivity contribution in [2.75, 3.05) is 26.4 Å². The molecule has 1 saturated heterocycles. The van der Waals surface area contributed by atoms with Crippen LogP contribution in [0.25, 0.3) is 0 Å². The molecule has 1 aliphatic rings. The van der Waals surface area contributed by atoms with Gasteiger partial charge >= 0.3 is 0 Å². The summed E-state index contributed by atoms with van der Waals surface area (Å²) in [5, 5.41) is 0. The van der Waals surface area contributed by atoms with Gasteiger partial charge in [0.15, 0.2) is 0 Å². The molecule has 2 aromatic rings. The van der Waals surface area contributed by atoms with Crippen LogP contribution in [0.1, 0.15) is 25.0 Å². The average molecular weight is 417 g/mol. The highest BCUT2D eigenvalue weighted by Gasteiger charge is 2.20. The maximum atomic E-state index is 6.06. The predicted molar refractivity (Wildman–Crippen MR) is 127 cm³/mol. The van der Waals surface area contributed by atoms with Gasteiger partial charge in [0.2, 0.25) is 0 Å². The van der Waals surface area contributed by atoms with Gasteiger partial charge in [-0.15, -0.1) is 0 Å². The normalized spacial score (nSPS) is 16.3. The van der Waals surface area contributed by atoms with Gasteiger partial charge in [-0.25, -0.2) is 0 Å². The molecule has 0 amide bonds. The topological polar surface area (TPSA) is 27.7 Å². The first-order valence-electron chi connectivity index (χ1n) is 10.6. The third-order valence-corrected chi connectivity index (χ3v) is 5.56. The van der Waals surface area contributed by atoms with Crippen molar-refractivity contribution in [2.45, 2.75) is 27.1 Å². The molecule has 3 nitrogen and oxygen atoms in total. The molecule has 1 heterocycles. The van der Waals surface area contributed by atoms with Crippen molar-refractivity contribution < 1.29 is 14.2 Å². The van der Waals surface area contributed by atoms with Gasteiger partial charge in [0.25, 0.3) is 0 Å². The zero-order chi connectivity index (χ0) is 22.1. The first-order valence-corrected chi connectivity index (χ1v) is 10.6. The monoisotopic (exact) mass is 416 g/mol. The molecule has 2 aromatic carbocycles. The van der Waals surface area contributed by atoms with Gasteiger partial charge in [0.1, 0.15) is 0 Å². The highest BCUT2D eigenvalue weighted by molar-refractivity contribution is 5.53. The van der Waals surface area contributed by atoms with Crippen LogP contribution in [0.5, 0.6) is 0 Å². The molecule has 0 saturated carbocycles. The molecule has 1 fully saturated rings. The van der Waals surface area contributed by atoms with Crippen molar-refractivity contribution in [2.24, 2.45) is 0 Å². The molecular formula is C28H32O3. The Bertz CT molecular complexity index is 952. The number of ether oxygens (including phenoxy) is 3. The Balaban J connectivity index is 1.67. The van der Waals surface area contributed by atoms with Crippen molar-refractivity contribution in [1.29, 1.82) is 0 Å². The molecule has 3 rings (SSSR count). The molecule has 0 atom stereocenters. The zero-order valence-corrected chi connectivity index (χ0v) is 18.7. The minimum atomic E-state index is 0.473. The Hall–Kier alpha value is -2.72. The van der Waals surface area contributed by atoms with Crippen molar-refractivity contribution in [3.8, 4) is 0 Å². The quantitative estimate of drug-likeness (QED) is 0.432. The van der Waals surface area contributed by atoms with E-state index in [4.69, 9.17) is 14.2 Å². The van der Waals surface area contributed by atoms with Crippen molar-refractivity contribution in [1.82, 2.24) is 0 Å². The molecule has 0 unspecified atom stereocenters. The lowest BCUT2D eigenvalue weighted by Crippen LogP contribution is -2.08. The highest BCUT2D eigenvalue weighted by atomic mass is 16.5. The summed E-state index contributed by atoms with van der Waals surface area (Å²) >= 11 is 0. The minimum absolute atomic E-state index is 0.473. The fourth-order valence-electron chi connectivity index (χ4n) is 3.46. The number of allylic oxidation sites excluding steroid dienone is 1. The van der Waals surface area contributed by atoms with Crippen LogP contribution >= 0.6 is 0 Å². The van der Waals surface area contributed by atoms with Crippen LogP contribution in [-0.2, 0) is 27.4 Å². The summed E-state index contributed by atoms with van der Waals surface area (Å²) in [6.07, 6.45) is 0. The molecule has 162 valence electrons. The Labute approximate surface area is 186 Å². The van der Waals surface area contributed by atoms with E-state index in [0.717, 1.165) is 39.0 Å². The Kier molecular flexibility index (Phi) is 8.60. The summed E-state index contributed by atoms with van der Waals surface area (Å²) in [5.41, 5.74) is 8.75. The van der Waals surface area contributed by atoms with Gasteiger partial charge in [0.05, 0.1) is 39.6 Å². The van der Waals surface area contributed by atoms with Gasteiger partial charge in [0, 0.05) is 0 Å². The molecule has 0 N–H and O–H groups in total. The third-order valence-electron chi connectivity index (χ3n) is 5.56. The lowest BCUT2D eigenvalue weighted by Gasteiger charge is -2.18. The van der Waals surface area contributed by atoms with Crippen LogP contribution in [0.4, 0.5) is 0 Å². The van der Waals surface area contributed by atoms with Crippen LogP contribution in [0, 0.1) is 0 Å². The van der Waals surface area contributed by atoms with Gasteiger partial charge in [-0.05, 0) is 58.4 Å². The van der Waals surface area contributed by atoms with E-state index < -0.39 is 0 Å². The maximum absolute atomic E-state index is 6.06. The van der Waals surface area contributed by atoms with Crippen LogP contribution in [-0.4, -0.2) is 26.4 Å². The van der Waals surface area contributed by atoms with E-state index in [1.165, 1.54) is 5.56 Å². The number of benzene rings is 2. The van der Waals surface area contributed by atoms with E-state index in [9.17, 15) is 0 Å². The molecule has 31 heavy (non-hydrogen) atoms. The van der Waals surface area contributed by atoms with Crippen LogP contribution in [0.2, 0.25) is 0 Å². The fraction of sp³-hybridized carbons (Fsp3) is 0.286. The van der Waals surface area contributed by atoms with E-state index >= 15 is 0 Å². The standard InChI is InChI=1S/C28H32O3/c1-21(15-29-17-25-11-7-5-8-12-25)23(3)24(4)28(27-19-30-16-22(27)2)20-31-18-26-13-9-6-10-14-26/h5-14H,2,4,15-20H2,1,3H3/b23-21-,28-27-. The molecule has 0 bridgehead atoms. The summed E-state index contributed by atoms with van der Waals surface area (Å²) in [7, 11) is 0. The van der Waals surface area contributed by atoms with Gasteiger partial charge in [-0.1, -0.05) is 73.8 Å². The van der Waals surface area contributed by atoms with Gasteiger partial charge in [-0.3, -0.25) is 0 Å². The van der Waals surface area contributed by atoms with Gasteiger partial charge in [-0.2, -0.15) is 0 Å². The smallest absolute Gasteiger partial charge is 0.0730 e. The second-order valence-corrected chi connectivity index (χ2v) is 7.89. The minimum Gasteiger partial charge on any atom is -0.372 e. The SMILES string of the molecule is C=C1COC/C1=C(\COCc1ccccc1)C(=C)/C(C)=C(/C)COCc1ccccc1. The fourth-order valence-corrected chi connectivity index (χ4v) is 3.46. The molecule has 0 spiro atoms. The lowest BCUT2D eigenvalue weighted by atomic mass is 9.92. The maximum Gasteiger partial charge on any atom is 0.0730 e. The van der Waals surface area contributed by atoms with E-state index in [0.29, 0.717) is 39.6 Å². The van der Waals surface area contributed by atoms with Crippen LogP contribution < -0.4 is 0 Å². The number of hydrogen-bond acceptors (Lipinski definition) is 3. The van der Waals surface area contributed by atoms with Crippen molar-refractivity contribution in [3.05, 3.63) is 118 Å². The highest BCUT2D eigenvalue weighted by Crippen LogP contribution is 2.30. The van der Waals surface area contributed by atoms with Crippen LogP contribution in [0.3, 0.4) is 0 Å². The molecular weight excluding hydrogens is 384 g/mol. The summed E-state index contributed by atoms with van der Waals surface area (Å²) in [6.45, 7) is 16.1. The van der Waals surface area contributed by atoms with E-state index in [-0.39, 0.29) is 0 Å². The molecule has 0 aromatic heterocycles. The van der Waals surface area contributed by atoms with Gasteiger partial charge < -0.3 is 14.2 Å². The predicted octanol–water partition coefficient (Wildman–Crippen LogP) is 6.20. The Morgan fingerprint density at radius 3 is 1.90 bits per heavy atom. The van der Waals surface area contributed by atoms with E-state index in [1.807, 2.05) is 36.4 Å². The number of hydrogen-bond donors (Lipinski definition) is 0. The Morgan fingerprint density at radius 2 is 1.39 bits per heavy atom. The van der Waals surface area contributed by atoms with Crippen LogP contribution in [0.15, 0.2) is 107 Å². The second kappa shape index (κ2) is 11.6. The van der Waals surface area contributed by atoms with E-state index in [2.05, 4.69) is 51.3 Å². The van der Waals surface area contributed by atoms with Crippen molar-refractivity contribution in [3.63, 3.8) is 0 Å². The van der Waals surface area contributed by atoms with Crippen molar-refractivity contribution >= 4 is 0 Å². The zero-order valence-electron chi connectivity index (χ0n) is 18.7. The second-order valence-electron chi connectivity index (χ2n) is 7.89. The lowest BCUT2D eigenvalue weighted by molar-refractivity contribution is 0.141. The largest absolute Gasteiger partial charge is 0.372 e. The summed E-state index contributed by atoms with van der Waals surface area (Å²) in [6, 6.07) is 20.4. The average Bonchev–Trinajstić information content (AvgIpc) is 3.22. The summed E-state index contributed by atoms with van der Waals surface area (Å²) in [4.78, 5) is 0. The molecule has 0 aliphatic carbocycles. The third kappa shape index (κ3) is 6.63. The Morgan fingerprint density at radius 1 is 0.839 bits per heavy atom. The molecule has 0 radical (unpaired) electrons. The van der Waals surface area contributed by atoms with E-state index in [1.54, 1.807) is 0 Å². The first kappa shape index (κ1) is 23.0. The summed E-state index contributed by atoms with van der Waals surface area (Å²) < 4.78 is 17.6. The molecule has 1 aliphatic heterocycles. The number of rotatable bonds is 10. The first-order chi connectivity index (χ1) is 15.1. The molecule has 3 heteroatoms. The summed E-state index contributed by atoms with van der Waals surface area (Å²) in [5.74, 6) is 0.